The Morgan fingerprint density at radius 3 is 3.06 bits per heavy atom. The van der Waals surface area contributed by atoms with Crippen molar-refractivity contribution in [2.75, 3.05) is 25.1 Å². The molecule has 0 spiro atoms. The van der Waals surface area contributed by atoms with Gasteiger partial charge in [0.25, 0.3) is 0 Å². The van der Waals surface area contributed by atoms with Gasteiger partial charge in [0.1, 0.15) is 17.6 Å². The van der Waals surface area contributed by atoms with E-state index in [1.165, 1.54) is 0 Å². The van der Waals surface area contributed by atoms with Crippen LogP contribution in [0.3, 0.4) is 0 Å². The van der Waals surface area contributed by atoms with E-state index < -0.39 is 0 Å². The summed E-state index contributed by atoms with van der Waals surface area (Å²) >= 11 is 5.94. The summed E-state index contributed by atoms with van der Waals surface area (Å²) in [5, 5.41) is 0.370. The molecule has 1 aliphatic rings. The second-order valence-electron chi connectivity index (χ2n) is 4.23. The number of carbonyl (C=O) groups excluding carboxylic acids is 1. The van der Waals surface area contributed by atoms with Crippen molar-refractivity contribution in [3.63, 3.8) is 0 Å². The van der Waals surface area contributed by atoms with Gasteiger partial charge in [0, 0.05) is 26.3 Å². The molecule has 2 N–H and O–H groups in total. The highest BCUT2D eigenvalue weighted by Crippen LogP contribution is 2.23. The summed E-state index contributed by atoms with van der Waals surface area (Å²) < 4.78 is 4.98. The van der Waals surface area contributed by atoms with Gasteiger partial charge in [0.05, 0.1) is 5.92 Å². The lowest BCUT2D eigenvalue weighted by molar-refractivity contribution is -0.121. The number of nitrogens with zero attached hydrogens (tertiary/aromatic N) is 3. The number of carbonyl (C=O) groups is 1. The molecule has 7 heteroatoms. The predicted octanol–water partition coefficient (Wildman–Crippen LogP) is 0.588. The molecule has 1 unspecified atom stereocenters. The molecule has 0 radical (unpaired) electrons. The minimum absolute atomic E-state index is 0.121. The van der Waals surface area contributed by atoms with Gasteiger partial charge < -0.3 is 15.4 Å². The van der Waals surface area contributed by atoms with Crippen molar-refractivity contribution in [3.8, 4) is 0 Å². The molecular formula is C11H15ClN4O2. The van der Waals surface area contributed by atoms with Crippen LogP contribution in [0.5, 0.6) is 0 Å². The summed E-state index contributed by atoms with van der Waals surface area (Å²) in [4.78, 5) is 21.5. The summed E-state index contributed by atoms with van der Waals surface area (Å²) in [6, 6.07) is 1.68. The first kappa shape index (κ1) is 13.0. The Balaban J connectivity index is 2.16. The predicted molar refractivity (Wildman–Crippen MR) is 67.3 cm³/mol. The summed E-state index contributed by atoms with van der Waals surface area (Å²) in [6.07, 6.45) is 0.747. The molecule has 1 aliphatic heterocycles. The van der Waals surface area contributed by atoms with Crippen LogP contribution in [0.2, 0.25) is 5.15 Å². The lowest BCUT2D eigenvalue weighted by Gasteiger charge is -2.17. The van der Waals surface area contributed by atoms with Crippen molar-refractivity contribution in [2.45, 2.75) is 13.0 Å². The number of nitrogens with two attached hydrogens (primary N) is 1. The minimum Gasteiger partial charge on any atom is -0.377 e. The van der Waals surface area contributed by atoms with E-state index >= 15 is 0 Å². The van der Waals surface area contributed by atoms with E-state index in [0.717, 1.165) is 13.0 Å². The maximum atomic E-state index is 11.1. The minimum atomic E-state index is -0.269. The Labute approximate surface area is 110 Å². The number of methoxy groups -OCH3 is 1. The van der Waals surface area contributed by atoms with Crippen LogP contribution in [0.25, 0.3) is 0 Å². The lowest BCUT2D eigenvalue weighted by Crippen LogP contribution is -2.27. The van der Waals surface area contributed by atoms with Crippen LogP contribution in [0.4, 0.5) is 5.82 Å². The molecule has 1 atom stereocenters. The fourth-order valence-electron chi connectivity index (χ4n) is 2.01. The normalized spacial score (nSPS) is 19.2. The molecule has 6 nitrogen and oxygen atoms in total. The van der Waals surface area contributed by atoms with Gasteiger partial charge in [-0.05, 0) is 6.42 Å². The van der Waals surface area contributed by atoms with Crippen LogP contribution in [-0.4, -0.2) is 36.1 Å². The highest BCUT2D eigenvalue weighted by molar-refractivity contribution is 6.29. The van der Waals surface area contributed by atoms with Crippen LogP contribution >= 0.6 is 11.6 Å². The van der Waals surface area contributed by atoms with E-state index in [1.807, 2.05) is 4.90 Å². The Morgan fingerprint density at radius 2 is 2.44 bits per heavy atom. The number of rotatable bonds is 4. The Bertz CT molecular complexity index is 455. The molecule has 2 heterocycles. The zero-order valence-electron chi connectivity index (χ0n) is 10.1. The monoisotopic (exact) mass is 270 g/mol. The first-order valence-electron chi connectivity index (χ1n) is 5.67. The van der Waals surface area contributed by atoms with Crippen molar-refractivity contribution in [2.24, 2.45) is 11.7 Å². The molecule has 0 bridgehead atoms. The topological polar surface area (TPSA) is 81.3 Å². The molecule has 1 fully saturated rings. The number of amides is 1. The average Bonchev–Trinajstić information content (AvgIpc) is 2.78. The Hall–Kier alpha value is -1.40. The van der Waals surface area contributed by atoms with Crippen LogP contribution < -0.4 is 10.6 Å². The summed E-state index contributed by atoms with van der Waals surface area (Å²) in [6.45, 7) is 1.63. The van der Waals surface area contributed by atoms with Crippen LogP contribution in [0.15, 0.2) is 6.07 Å². The van der Waals surface area contributed by atoms with Gasteiger partial charge in [-0.2, -0.15) is 0 Å². The molecule has 1 aromatic heterocycles. The number of aromatic nitrogens is 2. The molecule has 1 aromatic rings. The van der Waals surface area contributed by atoms with Gasteiger partial charge in [-0.15, -0.1) is 0 Å². The van der Waals surface area contributed by atoms with Crippen molar-refractivity contribution >= 4 is 23.3 Å². The van der Waals surface area contributed by atoms with Crippen LogP contribution in [-0.2, 0) is 16.1 Å². The molecule has 0 aromatic carbocycles. The van der Waals surface area contributed by atoms with Gasteiger partial charge in [-0.25, -0.2) is 9.97 Å². The van der Waals surface area contributed by atoms with Crippen molar-refractivity contribution in [1.82, 2.24) is 9.97 Å². The number of anilines is 1. The number of halogens is 1. The zero-order valence-corrected chi connectivity index (χ0v) is 10.9. The standard InChI is InChI=1S/C11H15ClN4O2/c1-18-6-9-14-8(12)4-10(15-9)16-3-2-7(5-16)11(13)17/h4,7H,2-3,5-6H2,1H3,(H2,13,17). The summed E-state index contributed by atoms with van der Waals surface area (Å²) in [5.41, 5.74) is 5.30. The van der Waals surface area contributed by atoms with Gasteiger partial charge >= 0.3 is 0 Å². The van der Waals surface area contributed by atoms with E-state index in [9.17, 15) is 4.79 Å². The largest absolute Gasteiger partial charge is 0.377 e. The SMILES string of the molecule is COCc1nc(Cl)cc(N2CCC(C(N)=O)C2)n1. The molecule has 1 saturated heterocycles. The highest BCUT2D eigenvalue weighted by atomic mass is 35.5. The third-order valence-electron chi connectivity index (χ3n) is 2.92. The Kier molecular flexibility index (Phi) is 3.98. The van der Waals surface area contributed by atoms with E-state index in [2.05, 4.69) is 9.97 Å². The average molecular weight is 271 g/mol. The molecule has 98 valence electrons. The van der Waals surface area contributed by atoms with Gasteiger partial charge in [-0.1, -0.05) is 11.6 Å². The van der Waals surface area contributed by atoms with Crippen molar-refractivity contribution < 1.29 is 9.53 Å². The summed E-state index contributed by atoms with van der Waals surface area (Å²) in [5.74, 6) is 0.854. The lowest BCUT2D eigenvalue weighted by atomic mass is 10.1. The van der Waals surface area contributed by atoms with Crippen molar-refractivity contribution in [3.05, 3.63) is 17.0 Å². The summed E-state index contributed by atoms with van der Waals surface area (Å²) in [7, 11) is 1.57. The highest BCUT2D eigenvalue weighted by Gasteiger charge is 2.27. The molecule has 0 aliphatic carbocycles. The van der Waals surface area contributed by atoms with Crippen molar-refractivity contribution in [1.29, 1.82) is 0 Å². The molecule has 1 amide bonds. The van der Waals surface area contributed by atoms with E-state index in [4.69, 9.17) is 22.1 Å². The quantitative estimate of drug-likeness (QED) is 0.810. The second-order valence-corrected chi connectivity index (χ2v) is 4.62. The molecular weight excluding hydrogens is 256 g/mol. The first-order chi connectivity index (χ1) is 8.60. The second kappa shape index (κ2) is 5.49. The zero-order chi connectivity index (χ0) is 13.1. The fraction of sp³-hybridized carbons (Fsp3) is 0.545. The van der Waals surface area contributed by atoms with Crippen LogP contribution in [0, 0.1) is 5.92 Å². The number of ether oxygens (including phenoxy) is 1. The third kappa shape index (κ3) is 2.88. The molecule has 2 rings (SSSR count). The smallest absolute Gasteiger partial charge is 0.222 e. The molecule has 18 heavy (non-hydrogen) atoms. The maximum Gasteiger partial charge on any atom is 0.222 e. The number of hydrogen-bond acceptors (Lipinski definition) is 5. The van der Waals surface area contributed by atoms with E-state index in [0.29, 0.717) is 29.9 Å². The number of hydrogen-bond donors (Lipinski definition) is 1. The Morgan fingerprint density at radius 1 is 1.67 bits per heavy atom. The maximum absolute atomic E-state index is 11.1. The van der Waals surface area contributed by atoms with Gasteiger partial charge in [0.2, 0.25) is 5.91 Å². The molecule has 0 saturated carbocycles. The fourth-order valence-corrected chi connectivity index (χ4v) is 2.20. The number of primary amides is 1. The van der Waals surface area contributed by atoms with E-state index in [-0.39, 0.29) is 11.8 Å². The van der Waals surface area contributed by atoms with Gasteiger partial charge in [-0.3, -0.25) is 4.79 Å². The van der Waals surface area contributed by atoms with Gasteiger partial charge in [0.15, 0.2) is 5.82 Å². The third-order valence-corrected chi connectivity index (χ3v) is 3.11. The van der Waals surface area contributed by atoms with Crippen LogP contribution in [0.1, 0.15) is 12.2 Å². The first-order valence-corrected chi connectivity index (χ1v) is 6.04. The van der Waals surface area contributed by atoms with E-state index in [1.54, 1.807) is 13.2 Å².